The second-order valence-corrected chi connectivity index (χ2v) is 5.06. The van der Waals surface area contributed by atoms with Gasteiger partial charge < -0.3 is 15.4 Å². The van der Waals surface area contributed by atoms with E-state index in [9.17, 15) is 19.2 Å². The molecular formula is C14H23N3O5. The van der Waals surface area contributed by atoms with Crippen LogP contribution in [0.3, 0.4) is 0 Å². The van der Waals surface area contributed by atoms with Gasteiger partial charge in [0.05, 0.1) is 12.5 Å². The van der Waals surface area contributed by atoms with E-state index in [0.29, 0.717) is 51.9 Å². The Morgan fingerprint density at radius 2 is 1.95 bits per heavy atom. The van der Waals surface area contributed by atoms with E-state index in [1.54, 1.807) is 6.92 Å². The number of carbonyl (C=O) groups is 4. The largest absolute Gasteiger partial charge is 0.466 e. The summed E-state index contributed by atoms with van der Waals surface area (Å²) >= 11 is 0. The van der Waals surface area contributed by atoms with Gasteiger partial charge in [-0.05, 0) is 32.7 Å². The van der Waals surface area contributed by atoms with E-state index in [-0.39, 0.29) is 18.4 Å². The van der Waals surface area contributed by atoms with Crippen LogP contribution in [-0.2, 0) is 23.9 Å². The summed E-state index contributed by atoms with van der Waals surface area (Å²) in [4.78, 5) is 48.8. The van der Waals surface area contributed by atoms with Crippen LogP contribution in [0.5, 0.6) is 0 Å². The number of hydrogen-bond donors (Lipinski definition) is 1. The van der Waals surface area contributed by atoms with Crippen molar-refractivity contribution in [2.75, 3.05) is 32.8 Å². The number of amides is 3. The molecule has 0 radical (unpaired) electrons. The van der Waals surface area contributed by atoms with Crippen LogP contribution in [0, 0.1) is 5.92 Å². The highest BCUT2D eigenvalue weighted by atomic mass is 16.5. The molecule has 0 aliphatic carbocycles. The quantitative estimate of drug-likeness (QED) is 0.387. The number of imide groups is 1. The SMILES string of the molecule is CCOC(=O)C1CCN(C(=O)C(=O)N(C=O)CCCN)CC1. The lowest BCUT2D eigenvalue weighted by Crippen LogP contribution is -2.48. The molecule has 1 rings (SSSR count). The molecule has 0 aromatic heterocycles. The van der Waals surface area contributed by atoms with E-state index in [1.807, 2.05) is 0 Å². The first-order valence-corrected chi connectivity index (χ1v) is 7.47. The standard InChI is InChI=1S/C14H23N3O5/c1-2-22-14(21)11-4-8-16(9-5-11)12(19)13(20)17(10-18)7-3-6-15/h10-11H,2-9,15H2,1H3. The molecule has 1 aliphatic heterocycles. The molecule has 8 heteroatoms. The summed E-state index contributed by atoms with van der Waals surface area (Å²) in [7, 11) is 0. The first-order chi connectivity index (χ1) is 10.5. The van der Waals surface area contributed by atoms with E-state index in [0.717, 1.165) is 4.90 Å². The number of carbonyl (C=O) groups excluding carboxylic acids is 4. The van der Waals surface area contributed by atoms with Crippen molar-refractivity contribution in [3.05, 3.63) is 0 Å². The molecule has 1 fully saturated rings. The minimum atomic E-state index is -0.849. The maximum atomic E-state index is 12.1. The van der Waals surface area contributed by atoms with Crippen molar-refractivity contribution in [2.45, 2.75) is 26.2 Å². The van der Waals surface area contributed by atoms with Crippen molar-refractivity contribution in [1.82, 2.24) is 9.80 Å². The van der Waals surface area contributed by atoms with Crippen LogP contribution in [0.1, 0.15) is 26.2 Å². The third-order valence-electron chi connectivity index (χ3n) is 3.58. The molecule has 124 valence electrons. The average molecular weight is 313 g/mol. The van der Waals surface area contributed by atoms with Crippen LogP contribution in [0.15, 0.2) is 0 Å². The second-order valence-electron chi connectivity index (χ2n) is 5.06. The van der Waals surface area contributed by atoms with Crippen LogP contribution in [0.4, 0.5) is 0 Å². The van der Waals surface area contributed by atoms with Gasteiger partial charge in [0.2, 0.25) is 6.41 Å². The van der Waals surface area contributed by atoms with Crippen molar-refractivity contribution in [1.29, 1.82) is 0 Å². The van der Waals surface area contributed by atoms with Gasteiger partial charge in [-0.15, -0.1) is 0 Å². The number of piperidine rings is 1. The zero-order valence-electron chi connectivity index (χ0n) is 12.8. The molecular weight excluding hydrogens is 290 g/mol. The molecule has 1 aliphatic rings. The fourth-order valence-electron chi connectivity index (χ4n) is 2.30. The van der Waals surface area contributed by atoms with Crippen LogP contribution in [0.2, 0.25) is 0 Å². The monoisotopic (exact) mass is 313 g/mol. The highest BCUT2D eigenvalue weighted by molar-refractivity contribution is 6.36. The van der Waals surface area contributed by atoms with Crippen molar-refractivity contribution in [3.63, 3.8) is 0 Å². The Labute approximate surface area is 129 Å². The molecule has 0 atom stereocenters. The number of nitrogens with zero attached hydrogens (tertiary/aromatic N) is 2. The predicted octanol–water partition coefficient (Wildman–Crippen LogP) is -0.878. The summed E-state index contributed by atoms with van der Waals surface area (Å²) in [5, 5.41) is 0. The van der Waals surface area contributed by atoms with Crippen molar-refractivity contribution in [2.24, 2.45) is 11.7 Å². The van der Waals surface area contributed by atoms with E-state index < -0.39 is 11.8 Å². The zero-order chi connectivity index (χ0) is 16.5. The number of rotatable bonds is 6. The van der Waals surface area contributed by atoms with Crippen LogP contribution < -0.4 is 5.73 Å². The van der Waals surface area contributed by atoms with E-state index >= 15 is 0 Å². The van der Waals surface area contributed by atoms with E-state index in [1.165, 1.54) is 4.90 Å². The molecule has 0 spiro atoms. The molecule has 1 saturated heterocycles. The number of ether oxygens (including phenoxy) is 1. The Balaban J connectivity index is 2.52. The average Bonchev–Trinajstić information content (AvgIpc) is 2.55. The lowest BCUT2D eigenvalue weighted by Gasteiger charge is -2.31. The van der Waals surface area contributed by atoms with Gasteiger partial charge in [0.25, 0.3) is 0 Å². The van der Waals surface area contributed by atoms with Gasteiger partial charge in [0, 0.05) is 19.6 Å². The molecule has 2 N–H and O–H groups in total. The molecule has 1 heterocycles. The van der Waals surface area contributed by atoms with Gasteiger partial charge in [-0.2, -0.15) is 0 Å². The van der Waals surface area contributed by atoms with Gasteiger partial charge in [0.15, 0.2) is 0 Å². The fraction of sp³-hybridized carbons (Fsp3) is 0.714. The van der Waals surface area contributed by atoms with Crippen LogP contribution in [-0.4, -0.2) is 66.8 Å². The maximum Gasteiger partial charge on any atom is 0.318 e. The molecule has 8 nitrogen and oxygen atoms in total. The Morgan fingerprint density at radius 1 is 1.32 bits per heavy atom. The zero-order valence-corrected chi connectivity index (χ0v) is 12.8. The number of likely N-dealkylation sites (tertiary alicyclic amines) is 1. The molecule has 0 unspecified atom stereocenters. The molecule has 0 bridgehead atoms. The van der Waals surface area contributed by atoms with Crippen molar-refractivity contribution >= 4 is 24.2 Å². The Bertz CT molecular complexity index is 419. The van der Waals surface area contributed by atoms with E-state index in [4.69, 9.17) is 10.5 Å². The minimum absolute atomic E-state index is 0.129. The molecule has 0 saturated carbocycles. The number of nitrogens with two attached hydrogens (primary N) is 1. The van der Waals surface area contributed by atoms with Crippen molar-refractivity contribution < 1.29 is 23.9 Å². The van der Waals surface area contributed by atoms with E-state index in [2.05, 4.69) is 0 Å². The minimum Gasteiger partial charge on any atom is -0.466 e. The Morgan fingerprint density at radius 3 is 2.45 bits per heavy atom. The molecule has 22 heavy (non-hydrogen) atoms. The van der Waals surface area contributed by atoms with Gasteiger partial charge in [0.1, 0.15) is 0 Å². The third-order valence-corrected chi connectivity index (χ3v) is 3.58. The highest BCUT2D eigenvalue weighted by Crippen LogP contribution is 2.19. The topological polar surface area (TPSA) is 110 Å². The number of esters is 1. The third kappa shape index (κ3) is 4.80. The summed E-state index contributed by atoms with van der Waals surface area (Å²) in [5.74, 6) is -2.07. The lowest BCUT2D eigenvalue weighted by atomic mass is 9.97. The van der Waals surface area contributed by atoms with Crippen LogP contribution in [0.25, 0.3) is 0 Å². The lowest BCUT2D eigenvalue weighted by molar-refractivity contribution is -0.156. The molecule has 3 amide bonds. The van der Waals surface area contributed by atoms with Crippen LogP contribution >= 0.6 is 0 Å². The Hall–Kier alpha value is -1.96. The van der Waals surface area contributed by atoms with Gasteiger partial charge in [-0.25, -0.2) is 0 Å². The summed E-state index contributed by atoms with van der Waals surface area (Å²) in [6, 6.07) is 0. The van der Waals surface area contributed by atoms with Gasteiger partial charge in [-0.3, -0.25) is 24.1 Å². The fourth-order valence-corrected chi connectivity index (χ4v) is 2.30. The first kappa shape index (κ1) is 18.1. The van der Waals surface area contributed by atoms with Gasteiger partial charge >= 0.3 is 17.8 Å². The Kier molecular flexibility index (Phi) is 7.51. The highest BCUT2D eigenvalue weighted by Gasteiger charge is 2.32. The smallest absolute Gasteiger partial charge is 0.318 e. The second kappa shape index (κ2) is 9.14. The molecule has 0 aromatic rings. The maximum absolute atomic E-state index is 12.1. The summed E-state index contributed by atoms with van der Waals surface area (Å²) in [5.41, 5.74) is 5.33. The molecule has 0 aromatic carbocycles. The number of hydrogen-bond acceptors (Lipinski definition) is 6. The summed E-state index contributed by atoms with van der Waals surface area (Å²) in [6.45, 7) is 3.13. The first-order valence-electron chi connectivity index (χ1n) is 7.47. The van der Waals surface area contributed by atoms with Gasteiger partial charge in [-0.1, -0.05) is 0 Å². The normalized spacial score (nSPS) is 15.3. The summed E-state index contributed by atoms with van der Waals surface area (Å²) < 4.78 is 4.95. The van der Waals surface area contributed by atoms with Crippen molar-refractivity contribution in [3.8, 4) is 0 Å². The summed E-state index contributed by atoms with van der Waals surface area (Å²) in [6.07, 6.45) is 1.72. The predicted molar refractivity (Wildman–Crippen MR) is 77.4 cm³/mol.